The Morgan fingerprint density at radius 2 is 1.90 bits per heavy atom. The highest BCUT2D eigenvalue weighted by Crippen LogP contribution is 2.27. The van der Waals surface area contributed by atoms with E-state index in [1.165, 1.54) is 10.8 Å². The Morgan fingerprint density at radius 1 is 1.18 bits per heavy atom. The molecule has 1 fully saturated rings. The standard InChI is InChI=1S/C33H41N5O/c1-8-24-10-11-25-12-13-26(20-27(25)19-24)29(9-2)33-36-30(23(5)32(34-6)37(33)7)21-35-28-14-16-38(17-15-28)31(39)18-22(3)4/h8-13,19-20,28,35H,1,3,14-18,21H2,2,4-7H3/b29-9-,34-32?. The molecule has 1 aliphatic rings. The summed E-state index contributed by atoms with van der Waals surface area (Å²) in [6, 6.07) is 13.3. The molecule has 0 saturated carbocycles. The molecule has 3 aromatic rings. The number of carbonyl (C=O) groups excluding carboxylic acids is 1. The number of hydrogen-bond acceptors (Lipinski definition) is 4. The highest BCUT2D eigenvalue weighted by molar-refractivity contribution is 5.89. The number of aromatic nitrogens is 2. The minimum Gasteiger partial charge on any atom is -0.342 e. The Hall–Kier alpha value is -3.77. The highest BCUT2D eigenvalue weighted by atomic mass is 16.2. The lowest BCUT2D eigenvalue weighted by Gasteiger charge is -2.32. The van der Waals surface area contributed by atoms with Crippen molar-refractivity contribution in [3.05, 3.63) is 94.9 Å². The number of nitrogens with zero attached hydrogens (tertiary/aromatic N) is 4. The Bertz CT molecular complexity index is 1500. The second kappa shape index (κ2) is 12.4. The number of hydrogen-bond donors (Lipinski definition) is 1. The van der Waals surface area contributed by atoms with Crippen molar-refractivity contribution in [3.8, 4) is 0 Å². The van der Waals surface area contributed by atoms with E-state index in [4.69, 9.17) is 4.98 Å². The number of amides is 1. The lowest BCUT2D eigenvalue weighted by molar-refractivity contribution is -0.131. The maximum atomic E-state index is 12.4. The van der Waals surface area contributed by atoms with E-state index >= 15 is 0 Å². The number of allylic oxidation sites excluding steroid dienone is 1. The van der Waals surface area contributed by atoms with Crippen LogP contribution in [0.3, 0.4) is 0 Å². The molecule has 0 spiro atoms. The fraction of sp³-hybridized carbons (Fsp3) is 0.364. The van der Waals surface area contributed by atoms with E-state index in [9.17, 15) is 4.79 Å². The SMILES string of the molecule is C=Cc1ccc2ccc(/C(=C/C)c3nc(CNC4CCN(C(=O)CC(=C)C)CC4)c(C)c(=NC)n3C)cc2c1. The fourth-order valence-corrected chi connectivity index (χ4v) is 5.43. The first-order chi connectivity index (χ1) is 18.7. The number of fused-ring (bicyclic) bond motifs is 1. The zero-order chi connectivity index (χ0) is 28.1. The molecule has 4 rings (SSSR count). The fourth-order valence-electron chi connectivity index (χ4n) is 5.43. The molecule has 2 aromatic carbocycles. The zero-order valence-corrected chi connectivity index (χ0v) is 24.1. The van der Waals surface area contributed by atoms with Gasteiger partial charge in [0.1, 0.15) is 11.3 Å². The van der Waals surface area contributed by atoms with Crippen LogP contribution in [-0.2, 0) is 18.4 Å². The summed E-state index contributed by atoms with van der Waals surface area (Å²) in [5, 5.41) is 6.08. The van der Waals surface area contributed by atoms with Crippen LogP contribution in [0.2, 0.25) is 0 Å². The number of rotatable bonds is 8. The normalized spacial score (nSPS) is 15.2. The van der Waals surface area contributed by atoms with Crippen LogP contribution in [0.5, 0.6) is 0 Å². The minimum absolute atomic E-state index is 0.182. The average molecular weight is 524 g/mol. The lowest BCUT2D eigenvalue weighted by atomic mass is 9.98. The van der Waals surface area contributed by atoms with Crippen LogP contribution >= 0.6 is 0 Å². The summed E-state index contributed by atoms with van der Waals surface area (Å²) in [7, 11) is 3.87. The van der Waals surface area contributed by atoms with Gasteiger partial charge < -0.3 is 14.8 Å². The third kappa shape index (κ3) is 6.28. The molecule has 1 aromatic heterocycles. The van der Waals surface area contributed by atoms with E-state index in [0.29, 0.717) is 19.0 Å². The van der Waals surface area contributed by atoms with E-state index in [0.717, 1.165) is 70.8 Å². The average Bonchev–Trinajstić information content (AvgIpc) is 2.93. The summed E-state index contributed by atoms with van der Waals surface area (Å²) in [5.74, 6) is 1.07. The van der Waals surface area contributed by atoms with Crippen LogP contribution in [0.15, 0.2) is 66.2 Å². The van der Waals surface area contributed by atoms with Crippen LogP contribution in [0.1, 0.15) is 61.3 Å². The maximum Gasteiger partial charge on any atom is 0.226 e. The van der Waals surface area contributed by atoms with Gasteiger partial charge in [0.15, 0.2) is 0 Å². The number of piperidine rings is 1. The predicted molar refractivity (Wildman–Crippen MR) is 162 cm³/mol. The van der Waals surface area contributed by atoms with Gasteiger partial charge in [-0.1, -0.05) is 55.1 Å². The Kier molecular flexibility index (Phi) is 8.97. The van der Waals surface area contributed by atoms with Crippen LogP contribution in [0.4, 0.5) is 0 Å². The molecular formula is C33H41N5O. The maximum absolute atomic E-state index is 12.4. The summed E-state index contributed by atoms with van der Waals surface area (Å²) in [5.41, 5.74) is 7.20. The molecule has 1 aliphatic heterocycles. The van der Waals surface area contributed by atoms with Crippen molar-refractivity contribution >= 4 is 28.3 Å². The van der Waals surface area contributed by atoms with Crippen LogP contribution in [0, 0.1) is 6.92 Å². The molecule has 204 valence electrons. The number of carbonyl (C=O) groups is 1. The second-order valence-corrected chi connectivity index (χ2v) is 10.5. The third-order valence-corrected chi connectivity index (χ3v) is 7.66. The third-order valence-electron chi connectivity index (χ3n) is 7.66. The molecular weight excluding hydrogens is 482 g/mol. The lowest BCUT2D eigenvalue weighted by Crippen LogP contribution is -2.45. The zero-order valence-electron chi connectivity index (χ0n) is 24.1. The van der Waals surface area contributed by atoms with E-state index < -0.39 is 0 Å². The van der Waals surface area contributed by atoms with Gasteiger partial charge in [-0.05, 0) is 67.6 Å². The topological polar surface area (TPSA) is 62.5 Å². The number of likely N-dealkylation sites (tertiary alicyclic amines) is 1. The molecule has 0 atom stereocenters. The van der Waals surface area contributed by atoms with Crippen molar-refractivity contribution in [1.82, 2.24) is 19.8 Å². The molecule has 1 saturated heterocycles. The molecule has 2 heterocycles. The molecule has 0 aliphatic carbocycles. The van der Waals surface area contributed by atoms with Gasteiger partial charge in [-0.15, -0.1) is 0 Å². The molecule has 1 N–H and O–H groups in total. The van der Waals surface area contributed by atoms with Gasteiger partial charge in [-0.25, -0.2) is 4.98 Å². The quantitative estimate of drug-likeness (QED) is 0.394. The summed E-state index contributed by atoms with van der Waals surface area (Å²) in [4.78, 5) is 24.2. The van der Waals surface area contributed by atoms with Crippen LogP contribution < -0.4 is 10.8 Å². The van der Waals surface area contributed by atoms with Gasteiger partial charge in [-0.2, -0.15) is 0 Å². The Morgan fingerprint density at radius 3 is 2.54 bits per heavy atom. The molecule has 39 heavy (non-hydrogen) atoms. The largest absolute Gasteiger partial charge is 0.342 e. The summed E-state index contributed by atoms with van der Waals surface area (Å²) in [6.07, 6.45) is 6.31. The summed E-state index contributed by atoms with van der Waals surface area (Å²) in [6.45, 7) is 16.1. The van der Waals surface area contributed by atoms with Crippen molar-refractivity contribution in [1.29, 1.82) is 0 Å². The first kappa shape index (κ1) is 28.2. The first-order valence-electron chi connectivity index (χ1n) is 13.7. The van der Waals surface area contributed by atoms with Crippen LogP contribution in [-0.4, -0.2) is 46.5 Å². The van der Waals surface area contributed by atoms with E-state index in [1.807, 2.05) is 32.0 Å². The van der Waals surface area contributed by atoms with Gasteiger partial charge in [0, 0.05) is 57.3 Å². The molecule has 0 unspecified atom stereocenters. The van der Waals surface area contributed by atoms with Crippen LogP contribution in [0.25, 0.3) is 22.4 Å². The Balaban J connectivity index is 1.58. The van der Waals surface area contributed by atoms with E-state index in [-0.39, 0.29) is 5.91 Å². The van der Waals surface area contributed by atoms with Gasteiger partial charge in [0.05, 0.1) is 5.69 Å². The van der Waals surface area contributed by atoms with Crippen molar-refractivity contribution in [3.63, 3.8) is 0 Å². The van der Waals surface area contributed by atoms with Gasteiger partial charge in [0.2, 0.25) is 5.91 Å². The van der Waals surface area contributed by atoms with Gasteiger partial charge in [-0.3, -0.25) is 9.79 Å². The van der Waals surface area contributed by atoms with Crippen molar-refractivity contribution in [2.45, 2.75) is 52.6 Å². The smallest absolute Gasteiger partial charge is 0.226 e. The molecule has 0 radical (unpaired) electrons. The van der Waals surface area contributed by atoms with Crippen molar-refractivity contribution in [2.24, 2.45) is 12.0 Å². The van der Waals surface area contributed by atoms with E-state index in [2.05, 4.69) is 84.4 Å². The number of benzene rings is 2. The molecule has 1 amide bonds. The number of nitrogens with one attached hydrogen (secondary N) is 1. The summed E-state index contributed by atoms with van der Waals surface area (Å²) >= 11 is 0. The van der Waals surface area contributed by atoms with Gasteiger partial charge >= 0.3 is 0 Å². The second-order valence-electron chi connectivity index (χ2n) is 10.5. The molecule has 0 bridgehead atoms. The van der Waals surface area contributed by atoms with Gasteiger partial charge in [0.25, 0.3) is 0 Å². The molecule has 6 heteroatoms. The predicted octanol–water partition coefficient (Wildman–Crippen LogP) is 5.55. The monoisotopic (exact) mass is 523 g/mol. The van der Waals surface area contributed by atoms with Crippen molar-refractivity contribution < 1.29 is 4.79 Å². The first-order valence-corrected chi connectivity index (χ1v) is 13.7. The van der Waals surface area contributed by atoms with E-state index in [1.54, 1.807) is 0 Å². The van der Waals surface area contributed by atoms with Crippen molar-refractivity contribution in [2.75, 3.05) is 20.1 Å². The Labute approximate surface area is 232 Å². The summed E-state index contributed by atoms with van der Waals surface area (Å²) < 4.78 is 2.09. The highest BCUT2D eigenvalue weighted by Gasteiger charge is 2.23. The minimum atomic E-state index is 0.182. The molecule has 6 nitrogen and oxygen atoms in total.